The van der Waals surface area contributed by atoms with E-state index >= 15 is 0 Å². The van der Waals surface area contributed by atoms with Crippen LogP contribution in [0.15, 0.2) is 60.7 Å². The highest BCUT2D eigenvalue weighted by Gasteiger charge is 2.47. The zero-order valence-corrected chi connectivity index (χ0v) is 12.7. The van der Waals surface area contributed by atoms with Crippen LogP contribution in [0.25, 0.3) is 0 Å². The van der Waals surface area contributed by atoms with Crippen LogP contribution in [-0.4, -0.2) is 23.6 Å². The third-order valence-electron chi connectivity index (χ3n) is 3.66. The van der Waals surface area contributed by atoms with E-state index in [1.807, 2.05) is 48.5 Å². The lowest BCUT2D eigenvalue weighted by atomic mass is 10.1. The quantitative estimate of drug-likeness (QED) is 0.815. The number of carbonyl (C=O) groups is 2. The zero-order valence-electron chi connectivity index (χ0n) is 12.7. The molecule has 0 saturated carbocycles. The molecule has 23 heavy (non-hydrogen) atoms. The fourth-order valence-electron chi connectivity index (χ4n) is 2.66. The minimum absolute atomic E-state index is 0.229. The van der Waals surface area contributed by atoms with Gasteiger partial charge in [0.25, 0.3) is 0 Å². The van der Waals surface area contributed by atoms with Crippen molar-refractivity contribution in [3.05, 3.63) is 71.8 Å². The van der Waals surface area contributed by atoms with Crippen LogP contribution in [0.3, 0.4) is 0 Å². The average molecular weight is 311 g/mol. The lowest BCUT2D eigenvalue weighted by Crippen LogP contribution is -2.34. The van der Waals surface area contributed by atoms with Crippen molar-refractivity contribution in [1.82, 2.24) is 4.90 Å². The van der Waals surface area contributed by atoms with Crippen molar-refractivity contribution in [1.29, 1.82) is 0 Å². The molecule has 5 nitrogen and oxygen atoms in total. The summed E-state index contributed by atoms with van der Waals surface area (Å²) in [7, 11) is 0. The van der Waals surface area contributed by atoms with Gasteiger partial charge in [0.2, 0.25) is 6.23 Å². The first-order chi connectivity index (χ1) is 11.2. The van der Waals surface area contributed by atoms with Crippen molar-refractivity contribution >= 4 is 12.1 Å². The Morgan fingerprint density at radius 2 is 1.61 bits per heavy atom. The van der Waals surface area contributed by atoms with Gasteiger partial charge in [0, 0.05) is 5.56 Å². The Morgan fingerprint density at radius 3 is 2.17 bits per heavy atom. The molecule has 1 aliphatic heterocycles. The second kappa shape index (κ2) is 6.52. The van der Waals surface area contributed by atoms with E-state index in [1.54, 1.807) is 19.1 Å². The molecule has 1 fully saturated rings. The summed E-state index contributed by atoms with van der Waals surface area (Å²) < 4.78 is 10.6. The second-order valence-electron chi connectivity index (χ2n) is 5.12. The molecule has 1 saturated heterocycles. The molecule has 118 valence electrons. The summed E-state index contributed by atoms with van der Waals surface area (Å²) in [6, 6.07) is 17.5. The van der Waals surface area contributed by atoms with E-state index in [4.69, 9.17) is 9.47 Å². The first-order valence-corrected chi connectivity index (χ1v) is 7.48. The summed E-state index contributed by atoms with van der Waals surface area (Å²) in [6.45, 7) is 1.96. The van der Waals surface area contributed by atoms with Gasteiger partial charge in [-0.1, -0.05) is 60.7 Å². The second-order valence-corrected chi connectivity index (χ2v) is 5.12. The highest BCUT2D eigenvalue weighted by Crippen LogP contribution is 2.40. The smallest absolute Gasteiger partial charge is 0.413 e. The zero-order chi connectivity index (χ0) is 16.2. The molecule has 3 rings (SSSR count). The van der Waals surface area contributed by atoms with Crippen molar-refractivity contribution in [2.45, 2.75) is 19.2 Å². The third kappa shape index (κ3) is 2.90. The van der Waals surface area contributed by atoms with Gasteiger partial charge in [-0.3, -0.25) is 0 Å². The Kier molecular flexibility index (Phi) is 4.28. The predicted octanol–water partition coefficient (Wildman–Crippen LogP) is 3.44. The minimum atomic E-state index is -0.805. The molecule has 2 aromatic carbocycles. The van der Waals surface area contributed by atoms with Crippen LogP contribution in [0.5, 0.6) is 0 Å². The van der Waals surface area contributed by atoms with E-state index in [0.29, 0.717) is 5.56 Å². The van der Waals surface area contributed by atoms with Crippen molar-refractivity contribution in [2.75, 3.05) is 6.61 Å². The van der Waals surface area contributed by atoms with Crippen molar-refractivity contribution in [3.63, 3.8) is 0 Å². The van der Waals surface area contributed by atoms with Gasteiger partial charge < -0.3 is 9.47 Å². The number of rotatable bonds is 3. The number of hydrogen-bond acceptors (Lipinski definition) is 4. The van der Waals surface area contributed by atoms with Gasteiger partial charge in [0.05, 0.1) is 6.61 Å². The number of carbonyl (C=O) groups excluding carboxylic acids is 2. The summed E-state index contributed by atoms with van der Waals surface area (Å²) in [5, 5.41) is 0. The Labute approximate surface area is 134 Å². The minimum Gasteiger partial charge on any atom is -0.450 e. The van der Waals surface area contributed by atoms with Gasteiger partial charge in [0.15, 0.2) is 6.04 Å². The first-order valence-electron chi connectivity index (χ1n) is 7.48. The normalized spacial score (nSPS) is 20.2. The predicted molar refractivity (Wildman–Crippen MR) is 83.3 cm³/mol. The van der Waals surface area contributed by atoms with E-state index in [0.717, 1.165) is 5.56 Å². The molecule has 1 aliphatic rings. The van der Waals surface area contributed by atoms with Crippen LogP contribution in [-0.2, 0) is 14.3 Å². The number of esters is 1. The summed E-state index contributed by atoms with van der Waals surface area (Å²) in [4.78, 5) is 26.2. The molecule has 0 radical (unpaired) electrons. The number of amides is 1. The number of cyclic esters (lactones) is 1. The van der Waals surface area contributed by atoms with Crippen LogP contribution in [0.4, 0.5) is 4.79 Å². The Hall–Kier alpha value is -2.82. The lowest BCUT2D eigenvalue weighted by Gasteiger charge is -2.25. The van der Waals surface area contributed by atoms with E-state index in [-0.39, 0.29) is 6.61 Å². The van der Waals surface area contributed by atoms with E-state index < -0.39 is 24.3 Å². The van der Waals surface area contributed by atoms with E-state index in [1.165, 1.54) is 4.90 Å². The molecular weight excluding hydrogens is 294 g/mol. The molecule has 0 N–H and O–H groups in total. The molecule has 2 aromatic rings. The molecule has 0 bridgehead atoms. The molecule has 0 spiro atoms. The lowest BCUT2D eigenvalue weighted by molar-refractivity contribution is -0.143. The molecule has 0 aromatic heterocycles. The summed E-state index contributed by atoms with van der Waals surface area (Å²) in [5.74, 6) is -0.460. The van der Waals surface area contributed by atoms with Crippen LogP contribution in [0.1, 0.15) is 30.3 Å². The fraction of sp³-hybridized carbons (Fsp3) is 0.222. The van der Waals surface area contributed by atoms with Gasteiger partial charge in [-0.2, -0.15) is 0 Å². The fourth-order valence-corrected chi connectivity index (χ4v) is 2.66. The number of hydrogen-bond donors (Lipinski definition) is 0. The Bertz CT molecular complexity index is 687. The van der Waals surface area contributed by atoms with Gasteiger partial charge in [-0.05, 0) is 12.5 Å². The van der Waals surface area contributed by atoms with Crippen molar-refractivity contribution in [2.24, 2.45) is 0 Å². The van der Waals surface area contributed by atoms with Crippen LogP contribution >= 0.6 is 0 Å². The molecule has 5 heteroatoms. The number of benzene rings is 2. The maximum atomic E-state index is 12.4. The van der Waals surface area contributed by atoms with Gasteiger partial charge in [0.1, 0.15) is 0 Å². The van der Waals surface area contributed by atoms with E-state index in [9.17, 15) is 9.59 Å². The average Bonchev–Trinajstić information content (AvgIpc) is 2.94. The highest BCUT2D eigenvalue weighted by atomic mass is 16.6. The molecular formula is C18H17NO4. The first kappa shape index (κ1) is 15.1. The van der Waals surface area contributed by atoms with Gasteiger partial charge in [-0.15, -0.1) is 0 Å². The van der Waals surface area contributed by atoms with Crippen LogP contribution < -0.4 is 0 Å². The largest absolute Gasteiger partial charge is 0.450 e. The van der Waals surface area contributed by atoms with Gasteiger partial charge >= 0.3 is 12.1 Å². The Morgan fingerprint density at radius 1 is 1.04 bits per heavy atom. The monoisotopic (exact) mass is 311 g/mol. The van der Waals surface area contributed by atoms with Crippen LogP contribution in [0.2, 0.25) is 0 Å². The SMILES string of the molecule is CCOC(=O)N1[C@H](c2ccccc2)OC(=O)[C@H]1c1ccccc1. The number of ether oxygens (including phenoxy) is 2. The van der Waals surface area contributed by atoms with Crippen LogP contribution in [0, 0.1) is 0 Å². The molecule has 0 unspecified atom stereocenters. The van der Waals surface area contributed by atoms with E-state index in [2.05, 4.69) is 0 Å². The maximum absolute atomic E-state index is 12.4. The van der Waals surface area contributed by atoms with Gasteiger partial charge in [-0.25, -0.2) is 14.5 Å². The number of nitrogens with zero attached hydrogens (tertiary/aromatic N) is 1. The third-order valence-corrected chi connectivity index (χ3v) is 3.66. The maximum Gasteiger partial charge on any atom is 0.413 e. The molecule has 1 heterocycles. The topological polar surface area (TPSA) is 55.8 Å². The van der Waals surface area contributed by atoms with Crippen molar-refractivity contribution in [3.8, 4) is 0 Å². The molecule has 1 amide bonds. The summed E-state index contributed by atoms with van der Waals surface area (Å²) in [5.41, 5.74) is 1.43. The summed E-state index contributed by atoms with van der Waals surface area (Å²) >= 11 is 0. The molecule has 2 atom stereocenters. The van der Waals surface area contributed by atoms with Crippen molar-refractivity contribution < 1.29 is 19.1 Å². The summed E-state index contributed by atoms with van der Waals surface area (Å²) in [6.07, 6.45) is -1.35. The highest BCUT2D eigenvalue weighted by molar-refractivity contribution is 5.86. The Balaban J connectivity index is 2.01. The standard InChI is InChI=1S/C18H17NO4/c1-2-22-18(21)19-15(13-9-5-3-6-10-13)17(20)23-16(19)14-11-7-4-8-12-14/h3-12,15-16H,2H2,1H3/t15-,16+/m1/s1. The molecule has 0 aliphatic carbocycles.